The van der Waals surface area contributed by atoms with Crippen molar-refractivity contribution in [3.8, 4) is 22.3 Å². The van der Waals surface area contributed by atoms with Crippen molar-refractivity contribution in [1.82, 2.24) is 0 Å². The third kappa shape index (κ3) is 10.2. The Balaban J connectivity index is 0.910. The zero-order valence-corrected chi connectivity index (χ0v) is 48.6. The lowest BCUT2D eigenvalue weighted by molar-refractivity contribution is 0.404. The maximum absolute atomic E-state index is 2.74. The van der Waals surface area contributed by atoms with E-state index in [9.17, 15) is 0 Å². The van der Waals surface area contributed by atoms with E-state index in [2.05, 4.69) is 157 Å². The van der Waals surface area contributed by atoms with Crippen LogP contribution in [0, 0.1) is 0 Å². The lowest BCUT2D eigenvalue weighted by Gasteiger charge is -2.36. The zero-order valence-electron chi connectivity index (χ0n) is 48.6. The van der Waals surface area contributed by atoms with E-state index in [1.807, 2.05) is 5.56 Å². The van der Waals surface area contributed by atoms with Crippen molar-refractivity contribution < 1.29 is 0 Å². The highest BCUT2D eigenvalue weighted by atomic mass is 15.1. The molecule has 0 radical (unpaired) electrons. The van der Waals surface area contributed by atoms with Gasteiger partial charge < -0.3 is 4.90 Å². The van der Waals surface area contributed by atoms with E-state index >= 15 is 0 Å². The third-order valence-electron chi connectivity index (χ3n) is 22.2. The second-order valence-electron chi connectivity index (χ2n) is 26.8. The lowest BCUT2D eigenvalue weighted by atomic mass is 9.67. The van der Waals surface area contributed by atoms with Crippen molar-refractivity contribution in [2.24, 2.45) is 0 Å². The summed E-state index contributed by atoms with van der Waals surface area (Å²) in [5.41, 5.74) is 24.3. The standard InChI is InChI=1S/C79H91N/c1-7-21-56(22-8-1)59-35-43-67(44-36-59)79(68-45-37-60(38-46-68)57-23-9-2-10-24-57)76-34-20-19-33-72(76)73-52-51-71(55-77(73)79)80(69-47-39-61(40-48-69)58-25-11-3-12-26-58)70-49-41-62(42-50-70)66-53-74(63-27-13-4-14-28-63)78(65-31-17-6-18-32-65)75(54-66)64-29-15-5-16-30-64/h19-20,33-58,63-65H,1-18,21-32H2. The van der Waals surface area contributed by atoms with Crippen molar-refractivity contribution in [1.29, 1.82) is 0 Å². The number of rotatable bonds is 12. The number of hydrogen-bond donors (Lipinski definition) is 0. The SMILES string of the molecule is c1ccc2c(c1)-c1ccc(N(c3ccc(-c4cc(C5CCCCC5)c(C5CCCCC5)c(C5CCCCC5)c4)cc3)c3ccc(C4CCCCC4)cc3)cc1C2(c1ccc(C2CCCCC2)cc1)c1ccc(C2CCCCC2)cc1. The Morgan fingerprint density at radius 3 is 1.09 bits per heavy atom. The molecule has 0 saturated heterocycles. The van der Waals surface area contributed by atoms with Crippen LogP contribution in [0.1, 0.15) is 284 Å². The summed E-state index contributed by atoms with van der Waals surface area (Å²) in [4.78, 5) is 2.61. The van der Waals surface area contributed by atoms with Gasteiger partial charge in [-0.05, 0) is 227 Å². The molecule has 0 heterocycles. The van der Waals surface area contributed by atoms with E-state index in [0.29, 0.717) is 29.6 Å². The van der Waals surface area contributed by atoms with Gasteiger partial charge in [0.1, 0.15) is 0 Å². The number of nitrogens with zero attached hydrogens (tertiary/aromatic N) is 1. The van der Waals surface area contributed by atoms with Crippen LogP contribution in [0.15, 0.2) is 152 Å². The summed E-state index contributed by atoms with van der Waals surface area (Å²) in [5.74, 6) is 4.16. The van der Waals surface area contributed by atoms with Crippen LogP contribution in [0.2, 0.25) is 0 Å². The molecule has 0 unspecified atom stereocenters. The highest BCUT2D eigenvalue weighted by molar-refractivity contribution is 5.90. The van der Waals surface area contributed by atoms with Gasteiger partial charge in [0, 0.05) is 17.1 Å². The van der Waals surface area contributed by atoms with E-state index in [1.54, 1.807) is 11.1 Å². The molecule has 0 amide bonds. The fourth-order valence-electron chi connectivity index (χ4n) is 17.9. The molecule has 80 heavy (non-hydrogen) atoms. The van der Waals surface area contributed by atoms with E-state index in [1.165, 1.54) is 271 Å². The van der Waals surface area contributed by atoms with Crippen molar-refractivity contribution in [3.05, 3.63) is 207 Å². The first-order valence-electron chi connectivity index (χ1n) is 33.3. The van der Waals surface area contributed by atoms with Gasteiger partial charge in [0.2, 0.25) is 0 Å². The monoisotopic (exact) mass is 1050 g/mol. The van der Waals surface area contributed by atoms with Gasteiger partial charge in [0.15, 0.2) is 0 Å². The van der Waals surface area contributed by atoms with Crippen LogP contribution < -0.4 is 4.90 Å². The predicted molar refractivity (Wildman–Crippen MR) is 339 cm³/mol. The minimum Gasteiger partial charge on any atom is -0.310 e. The van der Waals surface area contributed by atoms with E-state index in [0.717, 1.165) is 5.92 Å². The summed E-state index contributed by atoms with van der Waals surface area (Å²) in [6.45, 7) is 0. The third-order valence-corrected chi connectivity index (χ3v) is 22.2. The van der Waals surface area contributed by atoms with Gasteiger partial charge in [-0.15, -0.1) is 0 Å². The molecule has 1 heteroatoms. The van der Waals surface area contributed by atoms with Crippen LogP contribution in [-0.4, -0.2) is 0 Å². The van der Waals surface area contributed by atoms with Gasteiger partial charge in [-0.3, -0.25) is 0 Å². The zero-order chi connectivity index (χ0) is 53.2. The minimum atomic E-state index is -0.478. The van der Waals surface area contributed by atoms with Crippen molar-refractivity contribution in [2.45, 2.75) is 234 Å². The summed E-state index contributed by atoms with van der Waals surface area (Å²) in [6, 6.07) is 62.6. The molecule has 7 aliphatic rings. The Morgan fingerprint density at radius 1 is 0.275 bits per heavy atom. The van der Waals surface area contributed by atoms with Crippen LogP contribution in [0.25, 0.3) is 22.3 Å². The van der Waals surface area contributed by atoms with Gasteiger partial charge in [-0.1, -0.05) is 231 Å². The van der Waals surface area contributed by atoms with Gasteiger partial charge in [0.25, 0.3) is 0 Å². The minimum absolute atomic E-state index is 0.478. The maximum Gasteiger partial charge on any atom is 0.0714 e. The summed E-state index contributed by atoms with van der Waals surface area (Å²) >= 11 is 0. The summed E-state index contributed by atoms with van der Waals surface area (Å²) in [5, 5.41) is 0. The maximum atomic E-state index is 2.74. The molecule has 6 fully saturated rings. The number of anilines is 3. The predicted octanol–water partition coefficient (Wildman–Crippen LogP) is 23.5. The normalized spacial score (nSPS) is 20.8. The number of hydrogen-bond acceptors (Lipinski definition) is 1. The van der Waals surface area contributed by atoms with Gasteiger partial charge in [0.05, 0.1) is 5.41 Å². The molecular formula is C79H91N. The molecule has 6 saturated carbocycles. The highest BCUT2D eigenvalue weighted by Crippen LogP contribution is 2.58. The van der Waals surface area contributed by atoms with E-state index in [4.69, 9.17) is 0 Å². The number of benzene rings is 7. The molecule has 7 aromatic rings. The van der Waals surface area contributed by atoms with Gasteiger partial charge in [-0.25, -0.2) is 0 Å². The first-order valence-corrected chi connectivity index (χ1v) is 33.3. The lowest BCUT2D eigenvalue weighted by Crippen LogP contribution is -2.29. The van der Waals surface area contributed by atoms with Gasteiger partial charge >= 0.3 is 0 Å². The molecule has 7 aliphatic carbocycles. The van der Waals surface area contributed by atoms with Crippen LogP contribution in [0.4, 0.5) is 17.1 Å². The second kappa shape index (κ2) is 23.7. The fourth-order valence-corrected chi connectivity index (χ4v) is 17.9. The Bertz CT molecular complexity index is 3070. The number of fused-ring (bicyclic) bond motifs is 3. The van der Waals surface area contributed by atoms with Crippen molar-refractivity contribution >= 4 is 17.1 Å². The average Bonchev–Trinajstić information content (AvgIpc) is 4.08. The van der Waals surface area contributed by atoms with Gasteiger partial charge in [-0.2, -0.15) is 0 Å². The van der Waals surface area contributed by atoms with Crippen LogP contribution in [-0.2, 0) is 5.41 Å². The smallest absolute Gasteiger partial charge is 0.0714 e. The Hall–Kier alpha value is -5.66. The molecule has 0 atom stereocenters. The molecule has 0 bridgehead atoms. The molecule has 1 nitrogen and oxygen atoms in total. The fraction of sp³-hybridized carbons (Fsp3) is 0.468. The van der Waals surface area contributed by atoms with Crippen LogP contribution in [0.3, 0.4) is 0 Å². The molecule has 0 aromatic heterocycles. The molecule has 0 N–H and O–H groups in total. The average molecular weight is 1050 g/mol. The van der Waals surface area contributed by atoms with Crippen LogP contribution in [0.5, 0.6) is 0 Å². The first-order chi connectivity index (χ1) is 39.7. The summed E-state index contributed by atoms with van der Waals surface area (Å²) < 4.78 is 0. The Kier molecular flexibility index (Phi) is 15.5. The molecular weight excluding hydrogens is 963 g/mol. The molecule has 0 aliphatic heterocycles. The van der Waals surface area contributed by atoms with E-state index < -0.39 is 5.41 Å². The molecule has 0 spiro atoms. The van der Waals surface area contributed by atoms with E-state index in [-0.39, 0.29) is 0 Å². The first kappa shape index (κ1) is 52.4. The highest BCUT2D eigenvalue weighted by Gasteiger charge is 2.47. The summed E-state index contributed by atoms with van der Waals surface area (Å²) in [7, 11) is 0. The molecule has 412 valence electrons. The second-order valence-corrected chi connectivity index (χ2v) is 26.8. The molecule has 14 rings (SSSR count). The van der Waals surface area contributed by atoms with Crippen LogP contribution >= 0.6 is 0 Å². The quantitative estimate of drug-likeness (QED) is 0.118. The topological polar surface area (TPSA) is 3.24 Å². The Morgan fingerprint density at radius 2 is 0.637 bits per heavy atom. The van der Waals surface area contributed by atoms with Crippen molar-refractivity contribution in [2.75, 3.05) is 4.90 Å². The Labute approximate surface area is 482 Å². The largest absolute Gasteiger partial charge is 0.310 e. The molecule has 7 aromatic carbocycles. The van der Waals surface area contributed by atoms with Crippen molar-refractivity contribution in [3.63, 3.8) is 0 Å². The summed E-state index contributed by atoms with van der Waals surface area (Å²) in [6.07, 6.45) is 41.0.